The molecule has 1 heterocycles. The van der Waals surface area contributed by atoms with Crippen LogP contribution in [0.2, 0.25) is 0 Å². The maximum absolute atomic E-state index is 11.9. The normalized spacial score (nSPS) is 17.5. The number of methoxy groups -OCH3 is 1. The Morgan fingerprint density at radius 3 is 2.19 bits per heavy atom. The summed E-state index contributed by atoms with van der Waals surface area (Å²) in [6.07, 6.45) is -0.0861. The Balaban J connectivity index is 2.65. The molecule has 3 amide bonds. The minimum Gasteiger partial charge on any atom is -0.467 e. The predicted octanol–water partition coefficient (Wildman–Crippen LogP) is 0.516. The standard InChI is InChI=1S/C13H23N3O5/c1-12(2,3)21-11(19)15-10(18)16-13(9(17)20-4)5-7-14-8-6-13/h14H,5-8H2,1-4H3,(H2,15,16,18,19). The van der Waals surface area contributed by atoms with E-state index in [1.807, 2.05) is 5.32 Å². The fourth-order valence-corrected chi connectivity index (χ4v) is 2.07. The monoisotopic (exact) mass is 301 g/mol. The molecule has 120 valence electrons. The second-order valence-corrected chi connectivity index (χ2v) is 5.90. The number of piperidine rings is 1. The number of alkyl carbamates (subject to hydrolysis) is 1. The van der Waals surface area contributed by atoms with Crippen LogP contribution in [0.25, 0.3) is 0 Å². The quantitative estimate of drug-likeness (QED) is 0.642. The second kappa shape index (κ2) is 6.75. The van der Waals surface area contributed by atoms with Crippen molar-refractivity contribution >= 4 is 18.1 Å². The van der Waals surface area contributed by atoms with Gasteiger partial charge in [-0.1, -0.05) is 0 Å². The fourth-order valence-electron chi connectivity index (χ4n) is 2.07. The van der Waals surface area contributed by atoms with E-state index < -0.39 is 29.2 Å². The first-order valence-corrected chi connectivity index (χ1v) is 6.80. The third kappa shape index (κ3) is 5.22. The smallest absolute Gasteiger partial charge is 0.415 e. The molecule has 0 bridgehead atoms. The molecule has 0 aliphatic carbocycles. The number of rotatable bonds is 2. The summed E-state index contributed by atoms with van der Waals surface area (Å²) < 4.78 is 9.73. The molecule has 0 unspecified atom stereocenters. The van der Waals surface area contributed by atoms with Gasteiger partial charge >= 0.3 is 18.1 Å². The van der Waals surface area contributed by atoms with Crippen LogP contribution in [0, 0.1) is 0 Å². The third-order valence-corrected chi connectivity index (χ3v) is 3.00. The van der Waals surface area contributed by atoms with E-state index in [-0.39, 0.29) is 0 Å². The largest absolute Gasteiger partial charge is 0.467 e. The Labute approximate surface area is 123 Å². The van der Waals surface area contributed by atoms with E-state index in [9.17, 15) is 14.4 Å². The summed E-state index contributed by atoms with van der Waals surface area (Å²) >= 11 is 0. The van der Waals surface area contributed by atoms with Crippen LogP contribution in [0.4, 0.5) is 9.59 Å². The number of urea groups is 1. The van der Waals surface area contributed by atoms with Crippen LogP contribution >= 0.6 is 0 Å². The predicted molar refractivity (Wildman–Crippen MR) is 74.8 cm³/mol. The first kappa shape index (κ1) is 17.2. The number of carbonyl (C=O) groups excluding carboxylic acids is 3. The Morgan fingerprint density at radius 2 is 1.71 bits per heavy atom. The van der Waals surface area contributed by atoms with Crippen molar-refractivity contribution in [3.8, 4) is 0 Å². The van der Waals surface area contributed by atoms with Gasteiger partial charge in [0.25, 0.3) is 0 Å². The van der Waals surface area contributed by atoms with E-state index in [0.717, 1.165) is 0 Å². The van der Waals surface area contributed by atoms with Crippen LogP contribution in [-0.4, -0.2) is 49.4 Å². The Kier molecular flexibility index (Phi) is 5.54. The lowest BCUT2D eigenvalue weighted by Crippen LogP contribution is -2.62. The van der Waals surface area contributed by atoms with Gasteiger partial charge in [0.05, 0.1) is 7.11 Å². The Bertz CT molecular complexity index is 411. The van der Waals surface area contributed by atoms with Gasteiger partial charge in [0, 0.05) is 0 Å². The van der Waals surface area contributed by atoms with Crippen LogP contribution < -0.4 is 16.0 Å². The van der Waals surface area contributed by atoms with E-state index in [1.165, 1.54) is 7.11 Å². The highest BCUT2D eigenvalue weighted by Crippen LogP contribution is 2.20. The van der Waals surface area contributed by atoms with E-state index in [1.54, 1.807) is 20.8 Å². The number of esters is 1. The maximum atomic E-state index is 11.9. The highest BCUT2D eigenvalue weighted by Gasteiger charge is 2.42. The molecule has 1 aliphatic rings. The molecule has 1 saturated heterocycles. The van der Waals surface area contributed by atoms with Crippen LogP contribution in [0.1, 0.15) is 33.6 Å². The van der Waals surface area contributed by atoms with E-state index in [4.69, 9.17) is 9.47 Å². The summed E-state index contributed by atoms with van der Waals surface area (Å²) in [5.41, 5.74) is -1.83. The molecule has 0 aromatic carbocycles. The molecule has 3 N–H and O–H groups in total. The van der Waals surface area contributed by atoms with E-state index in [0.29, 0.717) is 25.9 Å². The number of nitrogens with one attached hydrogen (secondary N) is 3. The minimum absolute atomic E-state index is 0.390. The van der Waals surface area contributed by atoms with Crippen LogP contribution in [0.3, 0.4) is 0 Å². The highest BCUT2D eigenvalue weighted by atomic mass is 16.6. The van der Waals surface area contributed by atoms with Gasteiger partial charge in [-0.3, -0.25) is 0 Å². The maximum Gasteiger partial charge on any atom is 0.415 e. The third-order valence-electron chi connectivity index (χ3n) is 3.00. The van der Waals surface area contributed by atoms with E-state index in [2.05, 4.69) is 10.6 Å². The number of imide groups is 1. The second-order valence-electron chi connectivity index (χ2n) is 5.90. The van der Waals surface area contributed by atoms with Crippen molar-refractivity contribution in [2.45, 2.75) is 44.8 Å². The zero-order valence-electron chi connectivity index (χ0n) is 12.9. The summed E-state index contributed by atoms with van der Waals surface area (Å²) in [5, 5.41) is 7.67. The van der Waals surface area contributed by atoms with Gasteiger partial charge in [-0.2, -0.15) is 0 Å². The number of amides is 3. The molecule has 21 heavy (non-hydrogen) atoms. The van der Waals surface area contributed by atoms with Crippen molar-refractivity contribution in [2.75, 3.05) is 20.2 Å². The van der Waals surface area contributed by atoms with Crippen molar-refractivity contribution in [1.82, 2.24) is 16.0 Å². The van der Waals surface area contributed by atoms with Crippen molar-refractivity contribution in [3.63, 3.8) is 0 Å². The zero-order valence-corrected chi connectivity index (χ0v) is 12.9. The van der Waals surface area contributed by atoms with E-state index >= 15 is 0 Å². The van der Waals surface area contributed by atoms with Crippen molar-refractivity contribution in [3.05, 3.63) is 0 Å². The van der Waals surface area contributed by atoms with Gasteiger partial charge in [0.15, 0.2) is 0 Å². The Hall–Kier alpha value is -1.83. The number of hydrogen-bond acceptors (Lipinski definition) is 6. The van der Waals surface area contributed by atoms with Crippen LogP contribution in [0.5, 0.6) is 0 Å². The molecule has 8 heteroatoms. The topological polar surface area (TPSA) is 106 Å². The van der Waals surface area contributed by atoms with Crippen molar-refractivity contribution in [2.24, 2.45) is 0 Å². The molecule has 0 aromatic heterocycles. The lowest BCUT2D eigenvalue weighted by atomic mass is 9.88. The molecule has 0 saturated carbocycles. The summed E-state index contributed by atoms with van der Waals surface area (Å²) in [5.74, 6) is -0.525. The van der Waals surface area contributed by atoms with Crippen LogP contribution in [0.15, 0.2) is 0 Å². The van der Waals surface area contributed by atoms with Gasteiger partial charge < -0.3 is 20.1 Å². The fraction of sp³-hybridized carbons (Fsp3) is 0.769. The van der Waals surface area contributed by atoms with Crippen molar-refractivity contribution < 1.29 is 23.9 Å². The molecule has 1 rings (SSSR count). The lowest BCUT2D eigenvalue weighted by molar-refractivity contribution is -0.149. The van der Waals surface area contributed by atoms with Gasteiger partial charge in [-0.05, 0) is 46.7 Å². The first-order valence-electron chi connectivity index (χ1n) is 6.80. The number of hydrogen-bond donors (Lipinski definition) is 3. The molecular formula is C13H23N3O5. The van der Waals surface area contributed by atoms with Gasteiger partial charge in [-0.25, -0.2) is 19.7 Å². The molecule has 1 fully saturated rings. The minimum atomic E-state index is -1.12. The zero-order chi connectivity index (χ0) is 16.1. The lowest BCUT2D eigenvalue weighted by Gasteiger charge is -2.35. The number of carbonyl (C=O) groups is 3. The SMILES string of the molecule is COC(=O)C1(NC(=O)NC(=O)OC(C)(C)C)CCNCC1. The summed E-state index contributed by atoms with van der Waals surface area (Å²) in [6.45, 7) is 6.21. The van der Waals surface area contributed by atoms with Gasteiger partial charge in [0.2, 0.25) is 0 Å². The molecular weight excluding hydrogens is 278 g/mol. The van der Waals surface area contributed by atoms with Crippen molar-refractivity contribution in [1.29, 1.82) is 0 Å². The summed E-state index contributed by atoms with van der Waals surface area (Å²) in [6, 6.07) is -0.781. The number of ether oxygens (including phenoxy) is 2. The van der Waals surface area contributed by atoms with Gasteiger partial charge in [0.1, 0.15) is 11.1 Å². The van der Waals surface area contributed by atoms with Gasteiger partial charge in [-0.15, -0.1) is 0 Å². The Morgan fingerprint density at radius 1 is 1.14 bits per heavy atom. The summed E-state index contributed by atoms with van der Waals surface area (Å²) in [4.78, 5) is 35.3. The molecule has 0 atom stereocenters. The average Bonchev–Trinajstić information content (AvgIpc) is 2.36. The molecule has 1 aliphatic heterocycles. The molecule has 0 radical (unpaired) electrons. The van der Waals surface area contributed by atoms with Crippen LogP contribution in [-0.2, 0) is 14.3 Å². The summed E-state index contributed by atoms with van der Waals surface area (Å²) in [7, 11) is 1.26. The molecule has 8 nitrogen and oxygen atoms in total. The highest BCUT2D eigenvalue weighted by molar-refractivity contribution is 5.94. The average molecular weight is 301 g/mol. The molecule has 0 aromatic rings. The first-order chi connectivity index (χ1) is 9.68. The molecule has 0 spiro atoms.